The van der Waals surface area contributed by atoms with Crippen LogP contribution in [0.3, 0.4) is 0 Å². The topological polar surface area (TPSA) is 17.1 Å². The molecule has 18 heavy (non-hydrogen) atoms. The number of ketones is 1. The van der Waals surface area contributed by atoms with Crippen LogP contribution in [0.4, 0.5) is 0 Å². The van der Waals surface area contributed by atoms with Crippen LogP contribution in [0.25, 0.3) is 0 Å². The van der Waals surface area contributed by atoms with Crippen LogP contribution < -0.4 is 0 Å². The molecule has 2 aliphatic carbocycles. The number of benzene rings is 1. The van der Waals surface area contributed by atoms with Crippen molar-refractivity contribution in [2.45, 2.75) is 34.3 Å². The number of rotatable bonds is 0. The Kier molecular flexibility index (Phi) is 3.02. The second-order valence-corrected chi connectivity index (χ2v) is 8.21. The highest BCUT2D eigenvalue weighted by Crippen LogP contribution is 2.64. The summed E-state index contributed by atoms with van der Waals surface area (Å²) in [5.74, 6) is 0.316. The summed E-state index contributed by atoms with van der Waals surface area (Å²) in [4.78, 5) is 12.2. The van der Waals surface area contributed by atoms with E-state index in [4.69, 9.17) is 0 Å². The molecule has 0 bridgehead atoms. The third-order valence-electron chi connectivity index (χ3n) is 3.86. The number of carbonyl (C=O) groups excluding carboxylic acids is 1. The van der Waals surface area contributed by atoms with Crippen molar-refractivity contribution in [3.8, 4) is 0 Å². The highest BCUT2D eigenvalue weighted by molar-refractivity contribution is 9.13. The first-order valence-corrected chi connectivity index (χ1v) is 7.75. The van der Waals surface area contributed by atoms with Gasteiger partial charge in [-0.3, -0.25) is 4.79 Å². The van der Waals surface area contributed by atoms with Crippen LogP contribution in [0.15, 0.2) is 36.4 Å². The van der Waals surface area contributed by atoms with Gasteiger partial charge in [0.2, 0.25) is 0 Å². The molecule has 0 aromatic heterocycles. The molecule has 0 amide bonds. The molecule has 2 unspecified atom stereocenters. The van der Waals surface area contributed by atoms with Crippen molar-refractivity contribution in [1.29, 1.82) is 0 Å². The molecule has 94 valence electrons. The Morgan fingerprint density at radius 3 is 2.61 bits per heavy atom. The number of hydrogen-bond donors (Lipinski definition) is 0. The number of halogens is 2. The SMILES string of the molecule is O=C1Cc2ccccc2C/C=C\C2(Br)CC2(Br)C1. The Labute approximate surface area is 124 Å². The fourth-order valence-corrected chi connectivity index (χ4v) is 4.74. The lowest BCUT2D eigenvalue weighted by atomic mass is 9.96. The van der Waals surface area contributed by atoms with E-state index < -0.39 is 0 Å². The third kappa shape index (κ3) is 2.12. The van der Waals surface area contributed by atoms with Gasteiger partial charge >= 0.3 is 0 Å². The lowest BCUT2D eigenvalue weighted by Gasteiger charge is -2.15. The minimum atomic E-state index is -0.0696. The van der Waals surface area contributed by atoms with Crippen molar-refractivity contribution in [2.75, 3.05) is 0 Å². The second-order valence-electron chi connectivity index (χ2n) is 5.27. The Morgan fingerprint density at radius 1 is 1.11 bits per heavy atom. The van der Waals surface area contributed by atoms with Gasteiger partial charge in [-0.1, -0.05) is 68.3 Å². The van der Waals surface area contributed by atoms with Gasteiger partial charge in [-0.25, -0.2) is 0 Å². The van der Waals surface area contributed by atoms with E-state index in [2.05, 4.69) is 56.1 Å². The molecular weight excluding hydrogens is 356 g/mol. The molecular formula is C15H14Br2O. The van der Waals surface area contributed by atoms with Crippen molar-refractivity contribution in [1.82, 2.24) is 0 Å². The van der Waals surface area contributed by atoms with Gasteiger partial charge in [-0.2, -0.15) is 0 Å². The molecule has 0 saturated heterocycles. The predicted molar refractivity (Wildman–Crippen MR) is 80.5 cm³/mol. The van der Waals surface area contributed by atoms with Crippen LogP contribution in [0.5, 0.6) is 0 Å². The third-order valence-corrected chi connectivity index (χ3v) is 6.96. The van der Waals surface area contributed by atoms with E-state index in [0.717, 1.165) is 12.8 Å². The normalized spacial score (nSPS) is 36.4. The van der Waals surface area contributed by atoms with Gasteiger partial charge < -0.3 is 0 Å². The van der Waals surface area contributed by atoms with Gasteiger partial charge in [0, 0.05) is 12.8 Å². The summed E-state index contributed by atoms with van der Waals surface area (Å²) in [5.41, 5.74) is 2.44. The molecule has 1 aromatic rings. The van der Waals surface area contributed by atoms with Crippen molar-refractivity contribution < 1.29 is 4.79 Å². The van der Waals surface area contributed by atoms with Crippen molar-refractivity contribution in [3.63, 3.8) is 0 Å². The van der Waals surface area contributed by atoms with Gasteiger partial charge in [-0.05, 0) is 24.0 Å². The molecule has 0 radical (unpaired) electrons. The summed E-state index contributed by atoms with van der Waals surface area (Å²) in [6, 6.07) is 8.23. The van der Waals surface area contributed by atoms with Gasteiger partial charge in [0.15, 0.2) is 0 Å². The van der Waals surface area contributed by atoms with Gasteiger partial charge in [-0.15, -0.1) is 0 Å². The molecule has 2 aliphatic rings. The smallest absolute Gasteiger partial charge is 0.138 e. The highest BCUT2D eigenvalue weighted by Gasteiger charge is 2.63. The number of fused-ring (bicyclic) bond motifs is 2. The molecule has 3 rings (SSSR count). The summed E-state index contributed by atoms with van der Waals surface area (Å²) in [7, 11) is 0. The summed E-state index contributed by atoms with van der Waals surface area (Å²) < 4.78 is -0.0954. The van der Waals surface area contributed by atoms with E-state index in [1.165, 1.54) is 11.1 Å². The molecule has 1 saturated carbocycles. The summed E-state index contributed by atoms with van der Waals surface area (Å²) >= 11 is 7.48. The van der Waals surface area contributed by atoms with Crippen LogP contribution >= 0.6 is 31.9 Å². The van der Waals surface area contributed by atoms with Gasteiger partial charge in [0.1, 0.15) is 5.78 Å². The summed E-state index contributed by atoms with van der Waals surface area (Å²) in [6.45, 7) is 0. The van der Waals surface area contributed by atoms with E-state index in [0.29, 0.717) is 18.6 Å². The lowest BCUT2D eigenvalue weighted by molar-refractivity contribution is -0.118. The number of Topliss-reactive ketones (excluding diaryl/α,β-unsaturated/α-hetero) is 1. The fourth-order valence-electron chi connectivity index (χ4n) is 2.67. The molecule has 1 nitrogen and oxygen atoms in total. The van der Waals surface area contributed by atoms with Crippen LogP contribution in [0.1, 0.15) is 24.0 Å². The van der Waals surface area contributed by atoms with Crippen LogP contribution in [0, 0.1) is 0 Å². The maximum Gasteiger partial charge on any atom is 0.138 e. The maximum absolute atomic E-state index is 12.2. The Hall–Kier alpha value is -0.410. The zero-order valence-corrected chi connectivity index (χ0v) is 13.1. The second kappa shape index (κ2) is 4.31. The molecule has 1 aromatic carbocycles. The van der Waals surface area contributed by atoms with E-state index in [9.17, 15) is 4.79 Å². The molecule has 0 heterocycles. The number of allylic oxidation sites excluding steroid dienone is 2. The Bertz CT molecular complexity index is 537. The Morgan fingerprint density at radius 2 is 1.83 bits per heavy atom. The lowest BCUT2D eigenvalue weighted by Crippen LogP contribution is -2.19. The Balaban J connectivity index is 1.96. The summed E-state index contributed by atoms with van der Waals surface area (Å²) in [5, 5.41) is 0. The van der Waals surface area contributed by atoms with E-state index in [1.54, 1.807) is 0 Å². The maximum atomic E-state index is 12.2. The summed E-state index contributed by atoms with van der Waals surface area (Å²) in [6.07, 6.45) is 7.46. The average molecular weight is 370 g/mol. The number of hydrogen-bond acceptors (Lipinski definition) is 1. The number of carbonyl (C=O) groups is 1. The molecule has 0 N–H and O–H groups in total. The van der Waals surface area contributed by atoms with Crippen LogP contribution in [-0.4, -0.2) is 14.4 Å². The molecule has 0 aliphatic heterocycles. The molecule has 3 heteroatoms. The molecule has 0 spiro atoms. The first-order chi connectivity index (χ1) is 8.52. The fraction of sp³-hybridized carbons (Fsp3) is 0.400. The van der Waals surface area contributed by atoms with Crippen LogP contribution in [-0.2, 0) is 17.6 Å². The average Bonchev–Trinajstić information content (AvgIpc) is 2.82. The predicted octanol–water partition coefficient (Wildman–Crippen LogP) is 3.97. The monoisotopic (exact) mass is 368 g/mol. The van der Waals surface area contributed by atoms with Crippen molar-refractivity contribution >= 4 is 37.6 Å². The molecule has 1 fully saturated rings. The minimum absolute atomic E-state index is 0.0258. The largest absolute Gasteiger partial charge is 0.299 e. The first-order valence-electron chi connectivity index (χ1n) is 6.16. The van der Waals surface area contributed by atoms with Gasteiger partial charge in [0.25, 0.3) is 0 Å². The minimum Gasteiger partial charge on any atom is -0.299 e. The molecule has 2 atom stereocenters. The first kappa shape index (κ1) is 12.6. The zero-order chi connectivity index (χ0) is 12.8. The van der Waals surface area contributed by atoms with Crippen molar-refractivity contribution in [2.24, 2.45) is 0 Å². The quantitative estimate of drug-likeness (QED) is 0.499. The standard InChI is InChI=1S/C15H14Br2O/c16-14-7-3-6-11-4-1-2-5-12(11)8-13(18)9-15(14,17)10-14/h1-5,7H,6,8-10H2/b7-3-. The zero-order valence-electron chi connectivity index (χ0n) is 9.96. The van der Waals surface area contributed by atoms with Crippen LogP contribution in [0.2, 0.25) is 0 Å². The van der Waals surface area contributed by atoms with E-state index >= 15 is 0 Å². The highest BCUT2D eigenvalue weighted by atomic mass is 79.9. The van der Waals surface area contributed by atoms with Crippen molar-refractivity contribution in [3.05, 3.63) is 47.5 Å². The van der Waals surface area contributed by atoms with E-state index in [1.807, 2.05) is 12.1 Å². The number of alkyl halides is 2. The van der Waals surface area contributed by atoms with Gasteiger partial charge in [0.05, 0.1) is 8.65 Å². The van der Waals surface area contributed by atoms with E-state index in [-0.39, 0.29) is 8.65 Å².